The number of hydrogen-bond acceptors (Lipinski definition) is 7. The Morgan fingerprint density at radius 3 is 2.59 bits per heavy atom. The molecule has 15 heteroatoms. The van der Waals surface area contributed by atoms with E-state index < -0.39 is 51.4 Å². The lowest BCUT2D eigenvalue weighted by molar-refractivity contribution is -0.137. The Morgan fingerprint density at radius 2 is 1.92 bits per heavy atom. The molecule has 37 heavy (non-hydrogen) atoms. The van der Waals surface area contributed by atoms with Crippen LogP contribution >= 0.6 is 0 Å². The van der Waals surface area contributed by atoms with Crippen molar-refractivity contribution in [3.8, 4) is 0 Å². The Kier molecular flexibility index (Phi) is 6.66. The summed E-state index contributed by atoms with van der Waals surface area (Å²) in [6, 6.07) is 6.19. The fourth-order valence-electron chi connectivity index (χ4n) is 3.71. The minimum Gasteiger partial charge on any atom is -0.365 e. The maximum atomic E-state index is 14.5. The van der Waals surface area contributed by atoms with E-state index in [9.17, 15) is 35.2 Å². The summed E-state index contributed by atoms with van der Waals surface area (Å²) >= 11 is 0. The highest BCUT2D eigenvalue weighted by Gasteiger charge is 2.35. The third kappa shape index (κ3) is 5.55. The predicted octanol–water partition coefficient (Wildman–Crippen LogP) is 4.02. The molecule has 3 aromatic rings. The van der Waals surface area contributed by atoms with Gasteiger partial charge in [-0.1, -0.05) is 12.1 Å². The average Bonchev–Trinajstić information content (AvgIpc) is 3.17. The van der Waals surface area contributed by atoms with Crippen LogP contribution in [0, 0.1) is 11.6 Å². The summed E-state index contributed by atoms with van der Waals surface area (Å²) in [5.41, 5.74) is -0.605. The number of carbonyl (C=O) groups excluding carboxylic acids is 1. The van der Waals surface area contributed by atoms with Crippen molar-refractivity contribution >= 4 is 44.8 Å². The molecule has 0 unspecified atom stereocenters. The number of benzene rings is 2. The van der Waals surface area contributed by atoms with Gasteiger partial charge < -0.3 is 16.0 Å². The molecule has 4 rings (SSSR count). The van der Waals surface area contributed by atoms with Crippen LogP contribution < -0.4 is 20.3 Å². The molecule has 0 bridgehead atoms. The smallest absolute Gasteiger partial charge is 0.365 e. The van der Waals surface area contributed by atoms with Crippen LogP contribution in [0.2, 0.25) is 0 Å². The maximum Gasteiger partial charge on any atom is 0.421 e. The van der Waals surface area contributed by atoms with E-state index in [-0.39, 0.29) is 23.8 Å². The lowest BCUT2D eigenvalue weighted by Crippen LogP contribution is -2.27. The fraction of sp³-hybridized carbons (Fsp3) is 0.227. The van der Waals surface area contributed by atoms with Gasteiger partial charge in [0.2, 0.25) is 21.9 Å². The van der Waals surface area contributed by atoms with Crippen molar-refractivity contribution in [1.82, 2.24) is 9.97 Å². The monoisotopic (exact) mass is 542 g/mol. The van der Waals surface area contributed by atoms with Crippen molar-refractivity contribution in [3.05, 3.63) is 64.9 Å². The van der Waals surface area contributed by atoms with Gasteiger partial charge >= 0.3 is 6.18 Å². The van der Waals surface area contributed by atoms with Gasteiger partial charge in [-0.15, -0.1) is 0 Å². The van der Waals surface area contributed by atoms with Crippen LogP contribution in [-0.2, 0) is 34.0 Å². The molecular weight excluding hydrogens is 523 g/mol. The highest BCUT2D eigenvalue weighted by Crippen LogP contribution is 2.36. The molecule has 0 fully saturated rings. The first kappa shape index (κ1) is 26.1. The van der Waals surface area contributed by atoms with Gasteiger partial charge in [0.05, 0.1) is 29.7 Å². The third-order valence-corrected chi connectivity index (χ3v) is 6.65. The molecule has 1 aliphatic rings. The molecule has 0 aliphatic carbocycles. The lowest BCUT2D eigenvalue weighted by atomic mass is 10.1. The van der Waals surface area contributed by atoms with Crippen LogP contribution in [0.15, 0.2) is 36.5 Å². The molecular formula is C22H19F5N6O3S. The Morgan fingerprint density at radius 1 is 1.19 bits per heavy atom. The standard InChI is InChI=1S/C22H19F5N6O3S/c1-33(37(2,35)36)19-12(6-13(23)8-15(19)24)9-28-20-14(22(25,26)27)10-29-21(32-20)30-16-5-3-4-11-7-17(34)31-18(11)16/h3-6,8,10H,7,9H2,1-2H3,(H,31,34)(H2,28,29,30,32). The van der Waals surface area contributed by atoms with Crippen LogP contribution in [0.5, 0.6) is 0 Å². The predicted molar refractivity (Wildman–Crippen MR) is 126 cm³/mol. The first-order valence-electron chi connectivity index (χ1n) is 10.5. The number of nitrogens with zero attached hydrogens (tertiary/aromatic N) is 3. The number of carbonyl (C=O) groups is 1. The molecule has 1 amide bonds. The maximum absolute atomic E-state index is 14.5. The number of para-hydroxylation sites is 1. The highest BCUT2D eigenvalue weighted by molar-refractivity contribution is 7.92. The van der Waals surface area contributed by atoms with E-state index in [0.29, 0.717) is 33.5 Å². The van der Waals surface area contributed by atoms with Crippen LogP contribution in [0.4, 0.5) is 50.8 Å². The minimum atomic E-state index is -4.89. The molecule has 1 aromatic heterocycles. The third-order valence-electron chi connectivity index (χ3n) is 5.47. The average molecular weight is 542 g/mol. The van der Waals surface area contributed by atoms with E-state index in [1.807, 2.05) is 0 Å². The molecule has 2 aromatic carbocycles. The number of aromatic nitrogens is 2. The lowest BCUT2D eigenvalue weighted by Gasteiger charge is -2.22. The van der Waals surface area contributed by atoms with Gasteiger partial charge in [-0.05, 0) is 17.7 Å². The number of alkyl halides is 3. The van der Waals surface area contributed by atoms with Gasteiger partial charge in [0.1, 0.15) is 17.2 Å². The Labute approximate surface area is 207 Å². The molecule has 0 radical (unpaired) electrons. The largest absolute Gasteiger partial charge is 0.421 e. The number of fused-ring (bicyclic) bond motifs is 1. The molecule has 3 N–H and O–H groups in total. The topological polar surface area (TPSA) is 116 Å². The van der Waals surface area contributed by atoms with Gasteiger partial charge in [-0.25, -0.2) is 22.2 Å². The first-order chi connectivity index (χ1) is 17.2. The summed E-state index contributed by atoms with van der Waals surface area (Å²) in [6.45, 7) is -0.611. The highest BCUT2D eigenvalue weighted by atomic mass is 32.2. The van der Waals surface area contributed by atoms with E-state index >= 15 is 0 Å². The van der Waals surface area contributed by atoms with Crippen molar-refractivity contribution in [1.29, 1.82) is 0 Å². The normalized spacial score (nSPS) is 13.2. The molecule has 196 valence electrons. The summed E-state index contributed by atoms with van der Waals surface area (Å²) in [5, 5.41) is 7.79. The molecule has 1 aliphatic heterocycles. The van der Waals surface area contributed by atoms with Crippen LogP contribution in [0.1, 0.15) is 16.7 Å². The van der Waals surface area contributed by atoms with Crippen LogP contribution in [0.25, 0.3) is 0 Å². The Hall–Kier alpha value is -4.01. The SMILES string of the molecule is CN(c1c(F)cc(F)cc1CNc1nc(Nc2cccc3c2NC(=O)C3)ncc1C(F)(F)F)S(C)(=O)=O. The molecule has 0 spiro atoms. The zero-order chi connectivity index (χ0) is 27.1. The second-order valence-electron chi connectivity index (χ2n) is 8.12. The molecule has 9 nitrogen and oxygen atoms in total. The summed E-state index contributed by atoms with van der Waals surface area (Å²) in [7, 11) is -2.95. The van der Waals surface area contributed by atoms with Crippen molar-refractivity contribution in [2.45, 2.75) is 19.1 Å². The summed E-state index contributed by atoms with van der Waals surface area (Å²) in [4.78, 5) is 19.3. The Balaban J connectivity index is 1.69. The van der Waals surface area contributed by atoms with E-state index in [1.165, 1.54) is 0 Å². The quantitative estimate of drug-likeness (QED) is 0.386. The second-order valence-corrected chi connectivity index (χ2v) is 10.1. The fourth-order valence-corrected chi connectivity index (χ4v) is 4.25. The zero-order valence-electron chi connectivity index (χ0n) is 19.2. The summed E-state index contributed by atoms with van der Waals surface area (Å²) < 4.78 is 93.8. The number of halogens is 5. The summed E-state index contributed by atoms with van der Waals surface area (Å²) in [6.07, 6.45) is -3.43. The van der Waals surface area contributed by atoms with Gasteiger partial charge in [-0.3, -0.25) is 9.10 Å². The van der Waals surface area contributed by atoms with Gasteiger partial charge in [0.15, 0.2) is 5.82 Å². The van der Waals surface area contributed by atoms with Gasteiger partial charge in [0.25, 0.3) is 0 Å². The number of anilines is 5. The first-order valence-corrected chi connectivity index (χ1v) is 12.4. The number of hydrogen-bond donors (Lipinski definition) is 3. The molecule has 0 saturated heterocycles. The van der Waals surface area contributed by atoms with Crippen molar-refractivity contribution in [2.75, 3.05) is 33.6 Å². The van der Waals surface area contributed by atoms with Crippen LogP contribution in [-0.4, -0.2) is 37.6 Å². The number of rotatable bonds is 7. The Bertz CT molecular complexity index is 1500. The number of nitrogens with one attached hydrogen (secondary N) is 3. The van der Waals surface area contributed by atoms with E-state index in [0.717, 1.165) is 19.4 Å². The molecule has 2 heterocycles. The van der Waals surface area contributed by atoms with E-state index in [1.54, 1.807) is 18.2 Å². The summed E-state index contributed by atoms with van der Waals surface area (Å²) in [5.74, 6) is -3.51. The number of sulfonamides is 1. The zero-order valence-corrected chi connectivity index (χ0v) is 20.1. The van der Waals surface area contributed by atoms with Crippen molar-refractivity contribution in [2.24, 2.45) is 0 Å². The minimum absolute atomic E-state index is 0.139. The van der Waals surface area contributed by atoms with E-state index in [2.05, 4.69) is 25.9 Å². The van der Waals surface area contributed by atoms with E-state index in [4.69, 9.17) is 0 Å². The van der Waals surface area contributed by atoms with Gasteiger partial charge in [0, 0.05) is 31.4 Å². The second kappa shape index (κ2) is 9.46. The van der Waals surface area contributed by atoms with Crippen molar-refractivity contribution in [3.63, 3.8) is 0 Å². The molecule has 0 atom stereocenters. The number of amides is 1. The van der Waals surface area contributed by atoms with Crippen molar-refractivity contribution < 1.29 is 35.2 Å². The van der Waals surface area contributed by atoms with Gasteiger partial charge in [-0.2, -0.15) is 18.2 Å². The molecule has 0 saturated carbocycles. The van der Waals surface area contributed by atoms with Crippen LogP contribution in [0.3, 0.4) is 0 Å².